The molecule has 0 amide bonds. The number of aliphatic hydroxyl groups excluding tert-OH is 1. The minimum atomic E-state index is -4.95. The van der Waals surface area contributed by atoms with Crippen molar-refractivity contribution in [1.29, 1.82) is 0 Å². The highest BCUT2D eigenvalue weighted by atomic mass is 31.2. The van der Waals surface area contributed by atoms with Crippen molar-refractivity contribution in [3.8, 4) is 0 Å². The monoisotopic (exact) mass is 1300 g/mol. The Morgan fingerprint density at radius 2 is 0.580 bits per heavy atom. The zero-order valence-electron chi connectivity index (χ0n) is 57.0. The van der Waals surface area contributed by atoms with Crippen LogP contribution in [-0.4, -0.2) is 96.7 Å². The van der Waals surface area contributed by atoms with Gasteiger partial charge in [-0.1, -0.05) is 298 Å². The molecule has 0 fully saturated rings. The number of phosphoric ester groups is 2. The molecule has 3 unspecified atom stereocenters. The summed E-state index contributed by atoms with van der Waals surface area (Å²) < 4.78 is 68.2. The van der Waals surface area contributed by atoms with Crippen LogP contribution < -0.4 is 0 Å². The van der Waals surface area contributed by atoms with E-state index in [0.29, 0.717) is 31.6 Å². The largest absolute Gasteiger partial charge is 0.472 e. The van der Waals surface area contributed by atoms with Gasteiger partial charge in [-0.05, 0) is 37.5 Å². The highest BCUT2D eigenvalue weighted by Gasteiger charge is 2.30. The fraction of sp³-hybridized carbons (Fsp3) is 0.942. The number of hydrogen-bond donors (Lipinski definition) is 3. The number of rotatable bonds is 68. The molecule has 0 aromatic rings. The average Bonchev–Trinajstić information content (AvgIpc) is 3.63. The second-order valence-electron chi connectivity index (χ2n) is 25.6. The zero-order valence-corrected chi connectivity index (χ0v) is 58.8. The molecule has 0 radical (unpaired) electrons. The van der Waals surface area contributed by atoms with Crippen LogP contribution in [0.25, 0.3) is 0 Å². The zero-order chi connectivity index (χ0) is 65.0. The normalized spacial score (nSPS) is 14.5. The third-order valence-electron chi connectivity index (χ3n) is 16.3. The predicted molar refractivity (Wildman–Crippen MR) is 354 cm³/mol. The van der Waals surface area contributed by atoms with Gasteiger partial charge in [0.1, 0.15) is 19.3 Å². The number of ether oxygens (including phenoxy) is 4. The smallest absolute Gasteiger partial charge is 0.462 e. The molecule has 0 spiro atoms. The number of unbranched alkanes of at least 4 members (excludes halogenated alkanes) is 37. The Kier molecular flexibility index (Phi) is 59.9. The molecule has 17 nitrogen and oxygen atoms in total. The van der Waals surface area contributed by atoms with Crippen molar-refractivity contribution in [2.75, 3.05) is 39.6 Å². The van der Waals surface area contributed by atoms with Gasteiger partial charge in [0.25, 0.3) is 0 Å². The molecule has 0 bridgehead atoms. The molecule has 0 saturated heterocycles. The van der Waals surface area contributed by atoms with Gasteiger partial charge in [-0.3, -0.25) is 37.3 Å². The van der Waals surface area contributed by atoms with E-state index in [-0.39, 0.29) is 25.7 Å². The summed E-state index contributed by atoms with van der Waals surface area (Å²) in [4.78, 5) is 72.4. The van der Waals surface area contributed by atoms with Gasteiger partial charge in [0.15, 0.2) is 12.2 Å². The summed E-state index contributed by atoms with van der Waals surface area (Å²) in [6.45, 7) is 9.45. The molecule has 0 saturated carbocycles. The number of hydrogen-bond acceptors (Lipinski definition) is 15. The lowest BCUT2D eigenvalue weighted by atomic mass is 9.99. The lowest BCUT2D eigenvalue weighted by molar-refractivity contribution is -0.161. The minimum absolute atomic E-state index is 0.105. The van der Waals surface area contributed by atoms with Crippen LogP contribution in [0.1, 0.15) is 350 Å². The summed E-state index contributed by atoms with van der Waals surface area (Å²) in [6.07, 6.45) is 45.9. The van der Waals surface area contributed by atoms with Crippen molar-refractivity contribution in [3.05, 3.63) is 0 Å². The number of carbonyl (C=O) groups is 4. The molecule has 522 valence electrons. The molecule has 19 heteroatoms. The molecule has 0 aliphatic rings. The Morgan fingerprint density at radius 3 is 0.864 bits per heavy atom. The standard InChI is InChI=1S/C69H134O17P2/c1-7-10-12-14-16-18-20-21-22-23-24-25-26-28-34-42-48-54-69(74)85-64(57-79-66(71)51-45-39-32-30-29-31-38-44-50-62(6)9-3)59-83-87(75,76)81-55-63(70)56-82-88(77,78)84-60-65(58-80-67(72)52-46-40-36-35-37-43-49-61(4)5)86-68(73)53-47-41-33-27-19-17-15-13-11-8-2/h61-65,70H,7-60H2,1-6H3,(H,75,76)(H,77,78)/t62?,63-,64-,65-/m1/s1. The van der Waals surface area contributed by atoms with Gasteiger partial charge in [-0.2, -0.15) is 0 Å². The lowest BCUT2D eigenvalue weighted by Gasteiger charge is -2.21. The van der Waals surface area contributed by atoms with Crippen LogP contribution in [0.4, 0.5) is 0 Å². The van der Waals surface area contributed by atoms with Gasteiger partial charge in [-0.15, -0.1) is 0 Å². The SMILES string of the molecule is CCCCCCCCCCCCCCCCCCCC(=O)O[C@H](COC(=O)CCCCCCCCCCC(C)CC)COP(=O)(O)OC[C@@H](O)COP(=O)(O)OC[C@@H](COC(=O)CCCCCCCCC(C)C)OC(=O)CCCCCCCCCCCC. The van der Waals surface area contributed by atoms with Gasteiger partial charge in [0.05, 0.1) is 26.4 Å². The number of carbonyl (C=O) groups excluding carboxylic acids is 4. The Hall–Kier alpha value is -1.94. The van der Waals surface area contributed by atoms with Crippen LogP contribution in [0.15, 0.2) is 0 Å². The average molecular weight is 1300 g/mol. The quantitative estimate of drug-likeness (QED) is 0.0222. The molecule has 0 aromatic carbocycles. The van der Waals surface area contributed by atoms with Gasteiger partial charge in [-0.25, -0.2) is 9.13 Å². The maximum atomic E-state index is 13.0. The summed E-state index contributed by atoms with van der Waals surface area (Å²) in [5.41, 5.74) is 0. The van der Waals surface area contributed by atoms with Gasteiger partial charge in [0.2, 0.25) is 0 Å². The molecule has 0 rings (SSSR count). The van der Waals surface area contributed by atoms with Crippen molar-refractivity contribution in [1.82, 2.24) is 0 Å². The van der Waals surface area contributed by atoms with Crippen molar-refractivity contribution < 1.29 is 80.2 Å². The van der Waals surface area contributed by atoms with Gasteiger partial charge < -0.3 is 33.8 Å². The van der Waals surface area contributed by atoms with Gasteiger partial charge >= 0.3 is 39.5 Å². The summed E-state index contributed by atoms with van der Waals surface area (Å²) >= 11 is 0. The first kappa shape index (κ1) is 86.1. The lowest BCUT2D eigenvalue weighted by Crippen LogP contribution is -2.30. The fourth-order valence-electron chi connectivity index (χ4n) is 10.4. The van der Waals surface area contributed by atoms with Crippen LogP contribution in [0.2, 0.25) is 0 Å². The van der Waals surface area contributed by atoms with Crippen molar-refractivity contribution in [2.24, 2.45) is 11.8 Å². The Labute approximate surface area is 537 Å². The molecule has 0 aliphatic heterocycles. The topological polar surface area (TPSA) is 237 Å². The molecular formula is C69H134O17P2. The Morgan fingerprint density at radius 1 is 0.330 bits per heavy atom. The highest BCUT2D eigenvalue weighted by molar-refractivity contribution is 7.47. The summed E-state index contributed by atoms with van der Waals surface area (Å²) in [6, 6.07) is 0. The first-order chi connectivity index (χ1) is 42.4. The highest BCUT2D eigenvalue weighted by Crippen LogP contribution is 2.45. The third-order valence-corrected chi connectivity index (χ3v) is 18.2. The van der Waals surface area contributed by atoms with Crippen molar-refractivity contribution in [2.45, 2.75) is 368 Å². The summed E-state index contributed by atoms with van der Waals surface area (Å²) in [5.74, 6) is -0.670. The number of esters is 4. The molecule has 6 atom stereocenters. The second-order valence-corrected chi connectivity index (χ2v) is 28.5. The van der Waals surface area contributed by atoms with E-state index in [2.05, 4.69) is 41.5 Å². The maximum absolute atomic E-state index is 13.0. The van der Waals surface area contributed by atoms with E-state index in [1.165, 1.54) is 161 Å². The van der Waals surface area contributed by atoms with Crippen molar-refractivity contribution in [3.63, 3.8) is 0 Å². The second kappa shape index (κ2) is 61.3. The molecule has 88 heavy (non-hydrogen) atoms. The van der Waals surface area contributed by atoms with Crippen LogP contribution in [-0.2, 0) is 65.4 Å². The Bertz CT molecular complexity index is 1720. The van der Waals surface area contributed by atoms with Crippen LogP contribution >= 0.6 is 15.6 Å². The molecular weight excluding hydrogens is 1160 g/mol. The molecule has 0 aromatic heterocycles. The molecule has 0 heterocycles. The van der Waals surface area contributed by atoms with E-state index < -0.39 is 97.5 Å². The summed E-state index contributed by atoms with van der Waals surface area (Å²) in [7, 11) is -9.90. The van der Waals surface area contributed by atoms with E-state index in [9.17, 15) is 43.2 Å². The first-order valence-electron chi connectivity index (χ1n) is 36.0. The van der Waals surface area contributed by atoms with Crippen LogP contribution in [0.5, 0.6) is 0 Å². The van der Waals surface area contributed by atoms with Crippen LogP contribution in [0.3, 0.4) is 0 Å². The third kappa shape index (κ3) is 61.6. The Balaban J connectivity index is 5.22. The van der Waals surface area contributed by atoms with Crippen LogP contribution in [0, 0.1) is 11.8 Å². The number of aliphatic hydroxyl groups is 1. The van der Waals surface area contributed by atoms with E-state index in [1.807, 2.05) is 0 Å². The fourth-order valence-corrected chi connectivity index (χ4v) is 12.0. The van der Waals surface area contributed by atoms with Crippen molar-refractivity contribution >= 4 is 39.5 Å². The molecule has 0 aliphatic carbocycles. The summed E-state index contributed by atoms with van der Waals surface area (Å²) in [5, 5.41) is 10.6. The van der Waals surface area contributed by atoms with E-state index in [1.54, 1.807) is 0 Å². The first-order valence-corrected chi connectivity index (χ1v) is 39.0. The number of phosphoric acid groups is 2. The predicted octanol–water partition coefficient (Wildman–Crippen LogP) is 19.6. The van der Waals surface area contributed by atoms with Gasteiger partial charge in [0, 0.05) is 25.7 Å². The van der Waals surface area contributed by atoms with E-state index in [4.69, 9.17) is 37.0 Å². The molecule has 3 N–H and O–H groups in total. The maximum Gasteiger partial charge on any atom is 0.472 e. The minimum Gasteiger partial charge on any atom is -0.462 e. The van der Waals surface area contributed by atoms with E-state index >= 15 is 0 Å². The van der Waals surface area contributed by atoms with E-state index in [0.717, 1.165) is 102 Å².